The summed E-state index contributed by atoms with van der Waals surface area (Å²) in [6.45, 7) is 6.00. The number of halogens is 1. The quantitative estimate of drug-likeness (QED) is 0.872. The monoisotopic (exact) mass is 342 g/mol. The number of phenols is 1. The van der Waals surface area contributed by atoms with E-state index in [0.717, 1.165) is 24.1 Å². The van der Waals surface area contributed by atoms with Crippen molar-refractivity contribution in [3.8, 4) is 5.75 Å². The van der Waals surface area contributed by atoms with Gasteiger partial charge in [-0.1, -0.05) is 22.9 Å². The van der Waals surface area contributed by atoms with Crippen molar-refractivity contribution in [1.82, 2.24) is 10.2 Å². The standard InChI is InChI=1S/C14H19BrN2O3/c1-2-17-5-6-20-11(9-17)8-16-14(19)12-4-3-10(15)7-13(12)18/h3-4,7,11,18H,2,5-6,8-9H2,1H3,(H,16,19). The highest BCUT2D eigenvalue weighted by atomic mass is 79.9. The van der Waals surface area contributed by atoms with Crippen LogP contribution in [0.25, 0.3) is 0 Å². The molecule has 1 atom stereocenters. The van der Waals surface area contributed by atoms with Crippen LogP contribution in [-0.4, -0.2) is 54.8 Å². The lowest BCUT2D eigenvalue weighted by molar-refractivity contribution is -0.0246. The van der Waals surface area contributed by atoms with E-state index in [1.165, 1.54) is 6.07 Å². The highest BCUT2D eigenvalue weighted by Gasteiger charge is 2.20. The number of carbonyl (C=O) groups excluding carboxylic acids is 1. The van der Waals surface area contributed by atoms with E-state index in [2.05, 4.69) is 33.1 Å². The van der Waals surface area contributed by atoms with Gasteiger partial charge < -0.3 is 15.2 Å². The molecule has 0 spiro atoms. The first-order valence-corrected chi connectivity index (χ1v) is 7.50. The Kier molecular flexibility index (Phi) is 5.39. The highest BCUT2D eigenvalue weighted by Crippen LogP contribution is 2.22. The third kappa shape index (κ3) is 3.94. The zero-order valence-corrected chi connectivity index (χ0v) is 13.0. The number of benzene rings is 1. The van der Waals surface area contributed by atoms with Gasteiger partial charge in [-0.3, -0.25) is 9.69 Å². The van der Waals surface area contributed by atoms with Gasteiger partial charge in [-0.05, 0) is 24.7 Å². The van der Waals surface area contributed by atoms with Gasteiger partial charge in [-0.15, -0.1) is 0 Å². The summed E-state index contributed by atoms with van der Waals surface area (Å²) in [5.74, 6) is -0.316. The molecule has 5 nitrogen and oxygen atoms in total. The average molecular weight is 343 g/mol. The summed E-state index contributed by atoms with van der Waals surface area (Å²) in [5.41, 5.74) is 0.274. The average Bonchev–Trinajstić information content (AvgIpc) is 2.45. The maximum atomic E-state index is 12.0. The molecule has 1 fully saturated rings. The zero-order chi connectivity index (χ0) is 14.5. The predicted molar refractivity (Wildman–Crippen MR) is 80.0 cm³/mol. The summed E-state index contributed by atoms with van der Waals surface area (Å²) in [6.07, 6.45) is 0.00485. The molecule has 1 aromatic carbocycles. The van der Waals surface area contributed by atoms with Crippen LogP contribution in [0.1, 0.15) is 17.3 Å². The Hall–Kier alpha value is -1.11. The molecule has 2 N–H and O–H groups in total. The van der Waals surface area contributed by atoms with E-state index in [9.17, 15) is 9.90 Å². The van der Waals surface area contributed by atoms with E-state index in [1.807, 2.05) is 0 Å². The first-order chi connectivity index (χ1) is 9.60. The number of phenolic OH excluding ortho intramolecular Hbond substituents is 1. The third-order valence-electron chi connectivity index (χ3n) is 3.36. The van der Waals surface area contributed by atoms with Gasteiger partial charge in [0.05, 0.1) is 18.3 Å². The first-order valence-electron chi connectivity index (χ1n) is 6.70. The number of morpholine rings is 1. The number of hydrogen-bond acceptors (Lipinski definition) is 4. The molecular weight excluding hydrogens is 324 g/mol. The Morgan fingerprint density at radius 2 is 2.40 bits per heavy atom. The second-order valence-corrected chi connectivity index (χ2v) is 5.67. The number of hydrogen-bond donors (Lipinski definition) is 2. The molecule has 1 saturated heterocycles. The topological polar surface area (TPSA) is 61.8 Å². The number of nitrogens with zero attached hydrogens (tertiary/aromatic N) is 1. The summed E-state index contributed by atoms with van der Waals surface area (Å²) < 4.78 is 6.36. The van der Waals surface area contributed by atoms with E-state index >= 15 is 0 Å². The van der Waals surface area contributed by atoms with E-state index < -0.39 is 0 Å². The molecule has 2 rings (SSSR count). The van der Waals surface area contributed by atoms with Crippen molar-refractivity contribution in [2.75, 3.05) is 32.8 Å². The highest BCUT2D eigenvalue weighted by molar-refractivity contribution is 9.10. The molecule has 0 bridgehead atoms. The number of ether oxygens (including phenoxy) is 1. The summed E-state index contributed by atoms with van der Waals surface area (Å²) in [7, 11) is 0. The molecule has 1 aliphatic rings. The van der Waals surface area contributed by atoms with Gasteiger partial charge in [-0.25, -0.2) is 0 Å². The molecule has 1 aromatic rings. The fourth-order valence-corrected chi connectivity index (χ4v) is 2.54. The van der Waals surface area contributed by atoms with Crippen molar-refractivity contribution >= 4 is 21.8 Å². The second-order valence-electron chi connectivity index (χ2n) is 4.76. The molecule has 0 aliphatic carbocycles. The number of aromatic hydroxyl groups is 1. The Balaban J connectivity index is 1.88. The maximum Gasteiger partial charge on any atom is 0.255 e. The van der Waals surface area contributed by atoms with Gasteiger partial charge in [0.2, 0.25) is 0 Å². The number of nitrogens with one attached hydrogen (secondary N) is 1. The van der Waals surface area contributed by atoms with Gasteiger partial charge in [0.1, 0.15) is 5.75 Å². The van der Waals surface area contributed by atoms with Gasteiger partial charge in [0.25, 0.3) is 5.91 Å². The first kappa shape index (κ1) is 15.3. The predicted octanol–water partition coefficient (Wildman–Crippen LogP) is 1.61. The summed E-state index contributed by atoms with van der Waals surface area (Å²) >= 11 is 3.24. The lowest BCUT2D eigenvalue weighted by Crippen LogP contribution is -2.47. The fraction of sp³-hybridized carbons (Fsp3) is 0.500. The van der Waals surface area contributed by atoms with E-state index in [-0.39, 0.29) is 23.3 Å². The normalized spacial score (nSPS) is 19.8. The molecule has 0 saturated carbocycles. The van der Waals surface area contributed by atoms with Gasteiger partial charge in [0, 0.05) is 24.1 Å². The van der Waals surface area contributed by atoms with Crippen LogP contribution in [0, 0.1) is 0 Å². The second kappa shape index (κ2) is 7.06. The van der Waals surface area contributed by atoms with Crippen LogP contribution in [0.5, 0.6) is 5.75 Å². The molecular formula is C14H19BrN2O3. The van der Waals surface area contributed by atoms with Crippen molar-refractivity contribution in [3.05, 3.63) is 28.2 Å². The van der Waals surface area contributed by atoms with E-state index in [0.29, 0.717) is 13.2 Å². The lowest BCUT2D eigenvalue weighted by Gasteiger charge is -2.32. The minimum atomic E-state index is -0.285. The minimum Gasteiger partial charge on any atom is -0.507 e. The van der Waals surface area contributed by atoms with Crippen molar-refractivity contribution in [2.24, 2.45) is 0 Å². The fourth-order valence-electron chi connectivity index (χ4n) is 2.19. The molecule has 6 heteroatoms. The van der Waals surface area contributed by atoms with Crippen LogP contribution in [-0.2, 0) is 4.74 Å². The molecule has 1 heterocycles. The van der Waals surface area contributed by atoms with Crippen molar-refractivity contribution in [1.29, 1.82) is 0 Å². The Labute approximate surface area is 127 Å². The molecule has 0 radical (unpaired) electrons. The van der Waals surface area contributed by atoms with Gasteiger partial charge >= 0.3 is 0 Å². The van der Waals surface area contributed by atoms with Crippen molar-refractivity contribution in [3.63, 3.8) is 0 Å². The summed E-state index contributed by atoms with van der Waals surface area (Å²) in [6, 6.07) is 4.82. The number of rotatable bonds is 4. The van der Waals surface area contributed by atoms with Crippen molar-refractivity contribution in [2.45, 2.75) is 13.0 Å². The SMILES string of the molecule is CCN1CCOC(CNC(=O)c2ccc(Br)cc2O)C1. The molecule has 110 valence electrons. The zero-order valence-electron chi connectivity index (χ0n) is 11.4. The molecule has 1 amide bonds. The Morgan fingerprint density at radius 1 is 1.60 bits per heavy atom. The number of likely N-dealkylation sites (N-methyl/N-ethyl adjacent to an activating group) is 1. The van der Waals surface area contributed by atoms with Crippen LogP contribution >= 0.6 is 15.9 Å². The van der Waals surface area contributed by atoms with Crippen LogP contribution in [0.4, 0.5) is 0 Å². The maximum absolute atomic E-state index is 12.0. The third-order valence-corrected chi connectivity index (χ3v) is 3.86. The minimum absolute atomic E-state index is 0.00485. The number of amides is 1. The summed E-state index contributed by atoms with van der Waals surface area (Å²) in [4.78, 5) is 14.3. The van der Waals surface area contributed by atoms with Crippen molar-refractivity contribution < 1.29 is 14.6 Å². The molecule has 1 unspecified atom stereocenters. The molecule has 20 heavy (non-hydrogen) atoms. The smallest absolute Gasteiger partial charge is 0.255 e. The van der Waals surface area contributed by atoms with E-state index in [4.69, 9.17) is 4.74 Å². The van der Waals surface area contributed by atoms with Gasteiger partial charge in [0.15, 0.2) is 0 Å². The van der Waals surface area contributed by atoms with Crippen LogP contribution in [0.2, 0.25) is 0 Å². The largest absolute Gasteiger partial charge is 0.507 e. The molecule has 1 aliphatic heterocycles. The van der Waals surface area contributed by atoms with Gasteiger partial charge in [-0.2, -0.15) is 0 Å². The van der Waals surface area contributed by atoms with Crippen LogP contribution in [0.3, 0.4) is 0 Å². The number of carbonyl (C=O) groups is 1. The van der Waals surface area contributed by atoms with Crippen LogP contribution in [0.15, 0.2) is 22.7 Å². The lowest BCUT2D eigenvalue weighted by atomic mass is 10.2. The van der Waals surface area contributed by atoms with Crippen LogP contribution < -0.4 is 5.32 Å². The van der Waals surface area contributed by atoms with E-state index in [1.54, 1.807) is 12.1 Å². The molecule has 0 aromatic heterocycles. The summed E-state index contributed by atoms with van der Waals surface area (Å²) in [5, 5.41) is 12.6. The Morgan fingerprint density at radius 3 is 3.10 bits per heavy atom. The Bertz CT molecular complexity index is 481.